The summed E-state index contributed by atoms with van der Waals surface area (Å²) in [5, 5.41) is 10.6. The number of hydrogen-bond acceptors (Lipinski definition) is 5. The SMILES string of the molecule is COc1cc([N+](=O)[O-])ccc1C(C(C)=O)C(C)=O. The number of carbonyl (C=O) groups excluding carboxylic acids is 2. The van der Waals surface area contributed by atoms with Crippen molar-refractivity contribution in [2.24, 2.45) is 0 Å². The molecular weight excluding hydrogens is 238 g/mol. The van der Waals surface area contributed by atoms with Gasteiger partial charge in [0.1, 0.15) is 23.2 Å². The summed E-state index contributed by atoms with van der Waals surface area (Å²) in [6, 6.07) is 3.83. The number of hydrogen-bond donors (Lipinski definition) is 0. The molecule has 0 heterocycles. The van der Waals surface area contributed by atoms with E-state index in [0.717, 1.165) is 0 Å². The normalized spacial score (nSPS) is 10.2. The standard InChI is InChI=1S/C12H13NO5/c1-7(14)12(8(2)15)10-5-4-9(13(16)17)6-11(10)18-3/h4-6,12H,1-3H3. The number of ether oxygens (including phenoxy) is 1. The van der Waals surface area contributed by atoms with Crippen LogP contribution in [-0.2, 0) is 9.59 Å². The Morgan fingerprint density at radius 2 is 1.83 bits per heavy atom. The van der Waals surface area contributed by atoms with Crippen molar-refractivity contribution in [3.63, 3.8) is 0 Å². The molecule has 0 spiro atoms. The van der Waals surface area contributed by atoms with Crippen molar-refractivity contribution < 1.29 is 19.2 Å². The maximum Gasteiger partial charge on any atom is 0.273 e. The Balaban J connectivity index is 3.35. The molecule has 0 bridgehead atoms. The van der Waals surface area contributed by atoms with Crippen LogP contribution in [0.15, 0.2) is 18.2 Å². The van der Waals surface area contributed by atoms with E-state index in [4.69, 9.17) is 4.74 Å². The van der Waals surface area contributed by atoms with Gasteiger partial charge in [-0.2, -0.15) is 0 Å². The summed E-state index contributed by atoms with van der Waals surface area (Å²) in [6.07, 6.45) is 0. The van der Waals surface area contributed by atoms with Crippen LogP contribution in [-0.4, -0.2) is 23.6 Å². The molecule has 0 saturated heterocycles. The van der Waals surface area contributed by atoms with Crippen LogP contribution in [0.5, 0.6) is 5.75 Å². The van der Waals surface area contributed by atoms with E-state index in [1.165, 1.54) is 39.2 Å². The number of nitrogens with zero attached hydrogens (tertiary/aromatic N) is 1. The largest absolute Gasteiger partial charge is 0.496 e. The number of rotatable bonds is 5. The Hall–Kier alpha value is -2.24. The highest BCUT2D eigenvalue weighted by Crippen LogP contribution is 2.31. The number of non-ortho nitro benzene ring substituents is 1. The van der Waals surface area contributed by atoms with E-state index in [2.05, 4.69) is 0 Å². The van der Waals surface area contributed by atoms with Crippen molar-refractivity contribution in [1.82, 2.24) is 0 Å². The second-order valence-electron chi connectivity index (χ2n) is 3.84. The minimum absolute atomic E-state index is 0.151. The number of benzene rings is 1. The van der Waals surface area contributed by atoms with Gasteiger partial charge in [-0.1, -0.05) is 0 Å². The summed E-state index contributed by atoms with van der Waals surface area (Å²) in [4.78, 5) is 33.0. The van der Waals surface area contributed by atoms with E-state index >= 15 is 0 Å². The third-order valence-electron chi connectivity index (χ3n) is 2.55. The van der Waals surface area contributed by atoms with Gasteiger partial charge in [0.15, 0.2) is 0 Å². The number of methoxy groups -OCH3 is 1. The highest BCUT2D eigenvalue weighted by atomic mass is 16.6. The van der Waals surface area contributed by atoms with Gasteiger partial charge in [0, 0.05) is 11.6 Å². The van der Waals surface area contributed by atoms with Crippen LogP contribution in [0.1, 0.15) is 25.3 Å². The van der Waals surface area contributed by atoms with Gasteiger partial charge in [0.25, 0.3) is 5.69 Å². The summed E-state index contributed by atoms with van der Waals surface area (Å²) in [5.74, 6) is -1.43. The molecule has 0 atom stereocenters. The molecule has 6 nitrogen and oxygen atoms in total. The van der Waals surface area contributed by atoms with Gasteiger partial charge in [-0.25, -0.2) is 0 Å². The lowest BCUT2D eigenvalue weighted by Crippen LogP contribution is -2.18. The maximum absolute atomic E-state index is 11.5. The fraction of sp³-hybridized carbons (Fsp3) is 0.333. The fourth-order valence-corrected chi connectivity index (χ4v) is 1.78. The minimum Gasteiger partial charge on any atom is -0.496 e. The van der Waals surface area contributed by atoms with Crippen molar-refractivity contribution in [3.8, 4) is 5.75 Å². The molecule has 0 aliphatic carbocycles. The van der Waals surface area contributed by atoms with Gasteiger partial charge in [0.2, 0.25) is 0 Å². The van der Waals surface area contributed by atoms with Crippen molar-refractivity contribution in [3.05, 3.63) is 33.9 Å². The highest BCUT2D eigenvalue weighted by Gasteiger charge is 2.26. The Kier molecular flexibility index (Phi) is 4.14. The lowest BCUT2D eigenvalue weighted by Gasteiger charge is -2.14. The quantitative estimate of drug-likeness (QED) is 0.453. The summed E-state index contributed by atoms with van der Waals surface area (Å²) in [5.41, 5.74) is 0.199. The van der Waals surface area contributed by atoms with Crippen LogP contribution in [0.3, 0.4) is 0 Å². The van der Waals surface area contributed by atoms with Gasteiger partial charge >= 0.3 is 0 Å². The molecule has 0 saturated carbocycles. The van der Waals surface area contributed by atoms with Gasteiger partial charge in [-0.3, -0.25) is 19.7 Å². The molecule has 18 heavy (non-hydrogen) atoms. The van der Waals surface area contributed by atoms with E-state index in [1.54, 1.807) is 0 Å². The summed E-state index contributed by atoms with van der Waals surface area (Å²) < 4.78 is 5.01. The Morgan fingerprint density at radius 3 is 2.22 bits per heavy atom. The molecule has 0 aromatic heterocycles. The molecule has 1 rings (SSSR count). The Bertz CT molecular complexity index is 495. The van der Waals surface area contributed by atoms with Crippen LogP contribution < -0.4 is 4.74 Å². The van der Waals surface area contributed by atoms with Crippen molar-refractivity contribution in [2.45, 2.75) is 19.8 Å². The van der Waals surface area contributed by atoms with Gasteiger partial charge < -0.3 is 4.74 Å². The molecule has 1 aromatic carbocycles. The van der Waals surface area contributed by atoms with Crippen molar-refractivity contribution >= 4 is 17.3 Å². The number of carbonyl (C=O) groups is 2. The average molecular weight is 251 g/mol. The zero-order valence-corrected chi connectivity index (χ0v) is 10.3. The first-order valence-electron chi connectivity index (χ1n) is 5.21. The first kappa shape index (κ1) is 13.8. The number of Topliss-reactive ketones (excluding diaryl/α,β-unsaturated/α-hetero) is 2. The zero-order valence-electron chi connectivity index (χ0n) is 10.3. The summed E-state index contributed by atoms with van der Waals surface area (Å²) >= 11 is 0. The maximum atomic E-state index is 11.5. The molecule has 0 amide bonds. The highest BCUT2D eigenvalue weighted by molar-refractivity contribution is 6.06. The van der Waals surface area contributed by atoms with Crippen molar-refractivity contribution in [1.29, 1.82) is 0 Å². The van der Waals surface area contributed by atoms with Gasteiger partial charge in [-0.15, -0.1) is 0 Å². The fourth-order valence-electron chi connectivity index (χ4n) is 1.78. The van der Waals surface area contributed by atoms with Crippen LogP contribution in [0.2, 0.25) is 0 Å². The van der Waals surface area contributed by atoms with E-state index in [-0.39, 0.29) is 23.0 Å². The molecule has 0 unspecified atom stereocenters. The van der Waals surface area contributed by atoms with E-state index < -0.39 is 10.8 Å². The molecule has 0 fully saturated rings. The molecule has 96 valence electrons. The van der Waals surface area contributed by atoms with Crippen LogP contribution in [0.4, 0.5) is 5.69 Å². The summed E-state index contributed by atoms with van der Waals surface area (Å²) in [6.45, 7) is 2.60. The van der Waals surface area contributed by atoms with E-state index in [9.17, 15) is 19.7 Å². The van der Waals surface area contributed by atoms with Crippen LogP contribution in [0, 0.1) is 10.1 Å². The molecule has 0 aliphatic rings. The number of nitro groups is 1. The third kappa shape index (κ3) is 2.71. The lowest BCUT2D eigenvalue weighted by atomic mass is 9.91. The first-order chi connectivity index (χ1) is 8.38. The first-order valence-corrected chi connectivity index (χ1v) is 5.21. The monoisotopic (exact) mass is 251 g/mol. The summed E-state index contributed by atoms with van der Waals surface area (Å²) in [7, 11) is 1.33. The second-order valence-corrected chi connectivity index (χ2v) is 3.84. The Labute approximate surface area is 104 Å². The number of ketones is 2. The number of nitro benzene ring substituents is 1. The predicted octanol–water partition coefficient (Wildman–Crippen LogP) is 1.86. The van der Waals surface area contributed by atoms with Gasteiger partial charge in [-0.05, 0) is 19.9 Å². The smallest absolute Gasteiger partial charge is 0.273 e. The Morgan fingerprint density at radius 1 is 1.28 bits per heavy atom. The third-order valence-corrected chi connectivity index (χ3v) is 2.55. The minimum atomic E-state index is -0.944. The molecule has 0 aliphatic heterocycles. The molecule has 1 aromatic rings. The zero-order chi connectivity index (χ0) is 13.9. The molecule has 6 heteroatoms. The average Bonchev–Trinajstić information content (AvgIpc) is 2.28. The predicted molar refractivity (Wildman–Crippen MR) is 63.8 cm³/mol. The van der Waals surface area contributed by atoms with E-state index in [1.807, 2.05) is 0 Å². The van der Waals surface area contributed by atoms with Crippen LogP contribution >= 0.6 is 0 Å². The lowest BCUT2D eigenvalue weighted by molar-refractivity contribution is -0.384. The molecular formula is C12H13NO5. The van der Waals surface area contributed by atoms with Crippen molar-refractivity contribution in [2.75, 3.05) is 7.11 Å². The molecule has 0 radical (unpaired) electrons. The van der Waals surface area contributed by atoms with Gasteiger partial charge in [0.05, 0.1) is 18.1 Å². The van der Waals surface area contributed by atoms with Crippen LogP contribution in [0.25, 0.3) is 0 Å². The second kappa shape index (κ2) is 5.39. The van der Waals surface area contributed by atoms with E-state index in [0.29, 0.717) is 5.56 Å². The molecule has 0 N–H and O–H groups in total. The topological polar surface area (TPSA) is 86.5 Å².